The maximum Gasteiger partial charge on any atom is 0.0610 e. The van der Waals surface area contributed by atoms with Crippen LogP contribution in [0, 0.1) is 0 Å². The van der Waals surface area contributed by atoms with E-state index in [-0.39, 0.29) is 6.61 Å². The molecule has 3 heteroatoms. The van der Waals surface area contributed by atoms with Gasteiger partial charge in [-0.2, -0.15) is 0 Å². The molecule has 0 aliphatic carbocycles. The second-order valence-corrected chi connectivity index (χ2v) is 3.62. The van der Waals surface area contributed by atoms with Crippen molar-refractivity contribution in [2.24, 2.45) is 0 Å². The summed E-state index contributed by atoms with van der Waals surface area (Å²) in [6.45, 7) is 1.70. The number of rotatable bonds is 4. The molecular formula is C12H16N2O. The van der Waals surface area contributed by atoms with Crippen LogP contribution in [0.25, 0.3) is 10.9 Å². The van der Waals surface area contributed by atoms with Crippen LogP contribution in [0.3, 0.4) is 0 Å². The zero-order valence-corrected chi connectivity index (χ0v) is 8.90. The Morgan fingerprint density at radius 1 is 1.33 bits per heavy atom. The van der Waals surface area contributed by atoms with Gasteiger partial charge in [-0.05, 0) is 18.7 Å². The second kappa shape index (κ2) is 4.47. The smallest absolute Gasteiger partial charge is 0.0610 e. The van der Waals surface area contributed by atoms with Crippen LogP contribution in [0.4, 0.5) is 0 Å². The molecule has 1 aromatic heterocycles. The van der Waals surface area contributed by atoms with Crippen molar-refractivity contribution in [2.45, 2.75) is 13.1 Å². The first-order valence-electron chi connectivity index (χ1n) is 5.19. The van der Waals surface area contributed by atoms with Gasteiger partial charge < -0.3 is 15.0 Å². The minimum absolute atomic E-state index is 0.178. The lowest BCUT2D eigenvalue weighted by Gasteiger charge is -2.00. The molecule has 2 N–H and O–H groups in total. The molecule has 0 atom stereocenters. The van der Waals surface area contributed by atoms with E-state index in [0.29, 0.717) is 6.54 Å². The number of hydrogen-bond acceptors (Lipinski definition) is 2. The molecule has 15 heavy (non-hydrogen) atoms. The topological polar surface area (TPSA) is 37.2 Å². The van der Waals surface area contributed by atoms with E-state index < -0.39 is 0 Å². The van der Waals surface area contributed by atoms with Gasteiger partial charge in [-0.1, -0.05) is 18.2 Å². The quantitative estimate of drug-likeness (QED) is 0.789. The summed E-state index contributed by atoms with van der Waals surface area (Å²) in [7, 11) is 1.94. The zero-order valence-electron chi connectivity index (χ0n) is 8.90. The maximum atomic E-state index is 8.98. The molecule has 0 bridgehead atoms. The van der Waals surface area contributed by atoms with Crippen LogP contribution < -0.4 is 5.32 Å². The molecular weight excluding hydrogens is 188 g/mol. The van der Waals surface area contributed by atoms with Crippen molar-refractivity contribution in [1.82, 2.24) is 9.88 Å². The van der Waals surface area contributed by atoms with E-state index in [1.54, 1.807) is 0 Å². The lowest BCUT2D eigenvalue weighted by Crippen LogP contribution is -2.04. The summed E-state index contributed by atoms with van der Waals surface area (Å²) in [5.74, 6) is 0. The van der Waals surface area contributed by atoms with Crippen molar-refractivity contribution in [1.29, 1.82) is 0 Å². The first-order valence-corrected chi connectivity index (χ1v) is 5.19. The molecule has 0 radical (unpaired) electrons. The minimum atomic E-state index is 0.178. The van der Waals surface area contributed by atoms with Gasteiger partial charge in [-0.15, -0.1) is 0 Å². The number of fused-ring (bicyclic) bond motifs is 1. The molecule has 2 rings (SSSR count). The van der Waals surface area contributed by atoms with Gasteiger partial charge in [0.1, 0.15) is 0 Å². The molecule has 0 saturated heterocycles. The van der Waals surface area contributed by atoms with Crippen molar-refractivity contribution in [3.63, 3.8) is 0 Å². The normalized spacial score (nSPS) is 11.1. The van der Waals surface area contributed by atoms with Crippen molar-refractivity contribution in [3.8, 4) is 0 Å². The molecule has 1 aromatic carbocycles. The van der Waals surface area contributed by atoms with E-state index in [0.717, 1.165) is 6.54 Å². The first kappa shape index (κ1) is 10.2. The van der Waals surface area contributed by atoms with E-state index in [2.05, 4.69) is 28.2 Å². The fraction of sp³-hybridized carbons (Fsp3) is 0.333. The summed E-state index contributed by atoms with van der Waals surface area (Å²) in [5.41, 5.74) is 2.47. The third-order valence-corrected chi connectivity index (χ3v) is 2.58. The third kappa shape index (κ3) is 1.89. The van der Waals surface area contributed by atoms with Crippen LogP contribution in [0.5, 0.6) is 0 Å². The van der Waals surface area contributed by atoms with E-state index in [4.69, 9.17) is 5.11 Å². The van der Waals surface area contributed by atoms with E-state index in [1.165, 1.54) is 16.5 Å². The van der Waals surface area contributed by atoms with Crippen LogP contribution in [-0.4, -0.2) is 23.3 Å². The van der Waals surface area contributed by atoms with E-state index in [9.17, 15) is 0 Å². The monoisotopic (exact) mass is 204 g/mol. The van der Waals surface area contributed by atoms with Crippen molar-refractivity contribution >= 4 is 10.9 Å². The molecule has 1 heterocycles. The van der Waals surface area contributed by atoms with Crippen molar-refractivity contribution < 1.29 is 5.11 Å². The van der Waals surface area contributed by atoms with E-state index >= 15 is 0 Å². The fourth-order valence-corrected chi connectivity index (χ4v) is 1.95. The third-order valence-electron chi connectivity index (χ3n) is 2.58. The lowest BCUT2D eigenvalue weighted by molar-refractivity contribution is 0.278. The Balaban J connectivity index is 2.52. The molecule has 0 fully saturated rings. The molecule has 0 spiro atoms. The number of aliphatic hydroxyl groups is 1. The van der Waals surface area contributed by atoms with Gasteiger partial charge in [-0.25, -0.2) is 0 Å². The van der Waals surface area contributed by atoms with Crippen LogP contribution in [0.15, 0.2) is 30.5 Å². The van der Waals surface area contributed by atoms with Gasteiger partial charge in [-0.3, -0.25) is 0 Å². The van der Waals surface area contributed by atoms with Crippen molar-refractivity contribution in [3.05, 3.63) is 36.0 Å². The number of para-hydroxylation sites is 1. The summed E-state index contributed by atoms with van der Waals surface area (Å²) in [4.78, 5) is 0. The highest BCUT2D eigenvalue weighted by Gasteiger charge is 2.06. The summed E-state index contributed by atoms with van der Waals surface area (Å²) < 4.78 is 2.10. The summed E-state index contributed by atoms with van der Waals surface area (Å²) >= 11 is 0. The highest BCUT2D eigenvalue weighted by molar-refractivity contribution is 5.83. The number of benzene rings is 1. The van der Waals surface area contributed by atoms with Crippen LogP contribution in [0.2, 0.25) is 0 Å². The maximum absolute atomic E-state index is 8.98. The Bertz CT molecular complexity index is 408. The fourth-order valence-electron chi connectivity index (χ4n) is 1.95. The molecule has 0 unspecified atom stereocenters. The molecule has 0 saturated carbocycles. The molecule has 3 nitrogen and oxygen atoms in total. The SMILES string of the molecule is CNCc1cn(CCO)c2ccccc12. The van der Waals surface area contributed by atoms with Gasteiger partial charge in [0, 0.05) is 30.2 Å². The Labute approximate surface area is 89.3 Å². The number of aliphatic hydroxyl groups excluding tert-OH is 1. The van der Waals surface area contributed by atoms with Gasteiger partial charge in [0.05, 0.1) is 6.61 Å². The van der Waals surface area contributed by atoms with Crippen LogP contribution in [-0.2, 0) is 13.1 Å². The Hall–Kier alpha value is -1.32. The molecule has 0 amide bonds. The molecule has 0 aliphatic heterocycles. The number of nitrogens with zero attached hydrogens (tertiary/aromatic N) is 1. The largest absolute Gasteiger partial charge is 0.395 e. The lowest BCUT2D eigenvalue weighted by atomic mass is 10.2. The molecule has 0 aliphatic rings. The average molecular weight is 204 g/mol. The number of hydrogen-bond donors (Lipinski definition) is 2. The number of nitrogens with one attached hydrogen (secondary N) is 1. The predicted molar refractivity (Wildman–Crippen MR) is 61.8 cm³/mol. The van der Waals surface area contributed by atoms with E-state index in [1.807, 2.05) is 19.2 Å². The van der Waals surface area contributed by atoms with Gasteiger partial charge >= 0.3 is 0 Å². The van der Waals surface area contributed by atoms with Gasteiger partial charge in [0.2, 0.25) is 0 Å². The second-order valence-electron chi connectivity index (χ2n) is 3.62. The Morgan fingerprint density at radius 2 is 2.13 bits per heavy atom. The van der Waals surface area contributed by atoms with Gasteiger partial charge in [0.15, 0.2) is 0 Å². The standard InChI is InChI=1S/C12H16N2O/c1-13-8-10-9-14(6-7-15)12-5-3-2-4-11(10)12/h2-5,9,13,15H,6-8H2,1H3. The number of aromatic nitrogens is 1. The highest BCUT2D eigenvalue weighted by Crippen LogP contribution is 2.20. The van der Waals surface area contributed by atoms with Crippen LogP contribution >= 0.6 is 0 Å². The highest BCUT2D eigenvalue weighted by atomic mass is 16.3. The summed E-state index contributed by atoms with van der Waals surface area (Å²) in [6.07, 6.45) is 2.11. The average Bonchev–Trinajstić information content (AvgIpc) is 2.59. The first-order chi connectivity index (χ1) is 7.36. The predicted octanol–water partition coefficient (Wildman–Crippen LogP) is 1.35. The summed E-state index contributed by atoms with van der Waals surface area (Å²) in [6, 6.07) is 8.28. The Morgan fingerprint density at radius 3 is 2.87 bits per heavy atom. The van der Waals surface area contributed by atoms with Crippen molar-refractivity contribution in [2.75, 3.05) is 13.7 Å². The van der Waals surface area contributed by atoms with Gasteiger partial charge in [0.25, 0.3) is 0 Å². The molecule has 2 aromatic rings. The molecule has 80 valence electrons. The minimum Gasteiger partial charge on any atom is -0.395 e. The van der Waals surface area contributed by atoms with Crippen LogP contribution in [0.1, 0.15) is 5.56 Å². The zero-order chi connectivity index (χ0) is 10.7. The summed E-state index contributed by atoms with van der Waals surface area (Å²) in [5, 5.41) is 13.4. The Kier molecular flexibility index (Phi) is 3.04.